The Labute approximate surface area is 89.9 Å². The summed E-state index contributed by atoms with van der Waals surface area (Å²) in [7, 11) is 0. The molecule has 15 heavy (non-hydrogen) atoms. The second-order valence-electron chi connectivity index (χ2n) is 4.26. The van der Waals surface area contributed by atoms with E-state index in [0.29, 0.717) is 12.5 Å². The lowest BCUT2D eigenvalue weighted by Gasteiger charge is -2.32. The van der Waals surface area contributed by atoms with Gasteiger partial charge in [0.05, 0.1) is 5.54 Å². The largest absolute Gasteiger partial charge is 0.476 e. The van der Waals surface area contributed by atoms with Gasteiger partial charge in [-0.25, -0.2) is 9.97 Å². The molecule has 0 atom stereocenters. The van der Waals surface area contributed by atoms with Gasteiger partial charge in [-0.3, -0.25) is 0 Å². The van der Waals surface area contributed by atoms with E-state index in [0.717, 1.165) is 12.8 Å². The minimum atomic E-state index is -0.150. The summed E-state index contributed by atoms with van der Waals surface area (Å²) in [6.07, 6.45) is 8.99. The van der Waals surface area contributed by atoms with Crippen molar-refractivity contribution in [2.75, 3.05) is 6.61 Å². The summed E-state index contributed by atoms with van der Waals surface area (Å²) >= 11 is 0. The molecule has 0 spiro atoms. The van der Waals surface area contributed by atoms with Crippen LogP contribution in [-0.2, 0) is 0 Å². The Morgan fingerprint density at radius 3 is 2.80 bits per heavy atom. The molecule has 0 radical (unpaired) electrons. The van der Waals surface area contributed by atoms with E-state index in [4.69, 9.17) is 10.5 Å². The molecule has 4 heteroatoms. The number of rotatable bonds is 3. The Bertz CT molecular complexity index is 296. The van der Waals surface area contributed by atoms with E-state index in [1.165, 1.54) is 25.6 Å². The molecule has 2 rings (SSSR count). The summed E-state index contributed by atoms with van der Waals surface area (Å²) in [5.74, 6) is 0.611. The van der Waals surface area contributed by atoms with Crippen molar-refractivity contribution < 1.29 is 4.74 Å². The molecule has 0 saturated heterocycles. The monoisotopic (exact) mass is 207 g/mol. The number of aromatic nitrogens is 2. The van der Waals surface area contributed by atoms with E-state index in [9.17, 15) is 0 Å². The molecule has 0 unspecified atom stereocenters. The van der Waals surface area contributed by atoms with E-state index in [2.05, 4.69) is 9.97 Å². The SMILES string of the molecule is NC1(COc2ccncn2)CCCCC1. The van der Waals surface area contributed by atoms with E-state index >= 15 is 0 Å². The fourth-order valence-electron chi connectivity index (χ4n) is 1.98. The summed E-state index contributed by atoms with van der Waals surface area (Å²) < 4.78 is 5.57. The van der Waals surface area contributed by atoms with Crippen LogP contribution in [0.5, 0.6) is 5.88 Å². The first kappa shape index (κ1) is 10.4. The first-order valence-corrected chi connectivity index (χ1v) is 5.46. The van der Waals surface area contributed by atoms with Crippen molar-refractivity contribution >= 4 is 0 Å². The van der Waals surface area contributed by atoms with E-state index in [-0.39, 0.29) is 5.54 Å². The quantitative estimate of drug-likeness (QED) is 0.816. The van der Waals surface area contributed by atoms with Crippen molar-refractivity contribution in [2.24, 2.45) is 5.73 Å². The van der Waals surface area contributed by atoms with Crippen LogP contribution in [0.1, 0.15) is 32.1 Å². The lowest BCUT2D eigenvalue weighted by atomic mass is 9.83. The van der Waals surface area contributed by atoms with Gasteiger partial charge in [-0.05, 0) is 12.8 Å². The normalized spacial score (nSPS) is 19.8. The molecular formula is C11H17N3O. The van der Waals surface area contributed by atoms with Crippen LogP contribution in [0.25, 0.3) is 0 Å². The van der Waals surface area contributed by atoms with E-state index in [1.807, 2.05) is 0 Å². The maximum Gasteiger partial charge on any atom is 0.216 e. The summed E-state index contributed by atoms with van der Waals surface area (Å²) in [4.78, 5) is 7.84. The maximum absolute atomic E-state index is 6.24. The minimum absolute atomic E-state index is 0.150. The van der Waals surface area contributed by atoms with Crippen molar-refractivity contribution in [3.63, 3.8) is 0 Å². The lowest BCUT2D eigenvalue weighted by molar-refractivity contribution is 0.169. The van der Waals surface area contributed by atoms with Gasteiger partial charge in [0.15, 0.2) is 0 Å². The van der Waals surface area contributed by atoms with Crippen molar-refractivity contribution in [1.82, 2.24) is 9.97 Å². The Balaban J connectivity index is 1.87. The zero-order valence-corrected chi connectivity index (χ0v) is 8.85. The smallest absolute Gasteiger partial charge is 0.216 e. The predicted octanol–water partition coefficient (Wildman–Crippen LogP) is 1.52. The van der Waals surface area contributed by atoms with Gasteiger partial charge in [0, 0.05) is 12.3 Å². The third kappa shape index (κ3) is 2.89. The second-order valence-corrected chi connectivity index (χ2v) is 4.26. The third-order valence-corrected chi connectivity index (χ3v) is 2.91. The number of nitrogens with zero attached hydrogens (tertiary/aromatic N) is 2. The van der Waals surface area contributed by atoms with Gasteiger partial charge in [-0.15, -0.1) is 0 Å². The van der Waals surface area contributed by atoms with Crippen LogP contribution in [0.2, 0.25) is 0 Å². The number of hydrogen-bond acceptors (Lipinski definition) is 4. The zero-order valence-electron chi connectivity index (χ0n) is 8.85. The Kier molecular flexibility index (Phi) is 3.16. The molecule has 0 bridgehead atoms. The molecule has 1 aromatic rings. The van der Waals surface area contributed by atoms with Gasteiger partial charge < -0.3 is 10.5 Å². The first-order valence-electron chi connectivity index (χ1n) is 5.46. The summed E-state index contributed by atoms with van der Waals surface area (Å²) in [5.41, 5.74) is 6.09. The van der Waals surface area contributed by atoms with Crippen LogP contribution in [0.4, 0.5) is 0 Å². The Morgan fingerprint density at radius 2 is 2.13 bits per heavy atom. The van der Waals surface area contributed by atoms with Crippen LogP contribution in [0.15, 0.2) is 18.6 Å². The Morgan fingerprint density at radius 1 is 1.33 bits per heavy atom. The highest BCUT2D eigenvalue weighted by Crippen LogP contribution is 2.26. The zero-order chi connectivity index (χ0) is 10.6. The van der Waals surface area contributed by atoms with Crippen molar-refractivity contribution in [3.05, 3.63) is 18.6 Å². The first-order chi connectivity index (χ1) is 7.29. The summed E-state index contributed by atoms with van der Waals surface area (Å²) in [5, 5.41) is 0. The minimum Gasteiger partial charge on any atom is -0.476 e. The molecule has 2 N–H and O–H groups in total. The number of ether oxygens (including phenoxy) is 1. The van der Waals surface area contributed by atoms with Gasteiger partial charge in [-0.1, -0.05) is 19.3 Å². The average molecular weight is 207 g/mol. The molecule has 1 aliphatic rings. The summed E-state index contributed by atoms with van der Waals surface area (Å²) in [6, 6.07) is 1.76. The van der Waals surface area contributed by atoms with E-state index in [1.54, 1.807) is 12.3 Å². The standard InChI is InChI=1S/C11H17N3O/c12-11(5-2-1-3-6-11)8-15-10-4-7-13-9-14-10/h4,7,9H,1-3,5-6,8,12H2. The van der Waals surface area contributed by atoms with Gasteiger partial charge in [0.2, 0.25) is 5.88 Å². The molecule has 1 aliphatic carbocycles. The van der Waals surface area contributed by atoms with Crippen molar-refractivity contribution in [3.8, 4) is 5.88 Å². The number of nitrogens with two attached hydrogens (primary N) is 1. The molecule has 82 valence electrons. The molecule has 0 aliphatic heterocycles. The molecular weight excluding hydrogens is 190 g/mol. The van der Waals surface area contributed by atoms with Crippen molar-refractivity contribution in [1.29, 1.82) is 0 Å². The topological polar surface area (TPSA) is 61.0 Å². The van der Waals surface area contributed by atoms with Crippen LogP contribution in [0, 0.1) is 0 Å². The molecule has 1 heterocycles. The third-order valence-electron chi connectivity index (χ3n) is 2.91. The highest BCUT2D eigenvalue weighted by molar-refractivity contribution is 5.05. The second kappa shape index (κ2) is 4.57. The highest BCUT2D eigenvalue weighted by Gasteiger charge is 2.28. The lowest BCUT2D eigenvalue weighted by Crippen LogP contribution is -2.47. The van der Waals surface area contributed by atoms with Crippen LogP contribution in [0.3, 0.4) is 0 Å². The van der Waals surface area contributed by atoms with Gasteiger partial charge in [-0.2, -0.15) is 0 Å². The molecule has 1 aromatic heterocycles. The molecule has 4 nitrogen and oxygen atoms in total. The predicted molar refractivity (Wildman–Crippen MR) is 57.5 cm³/mol. The molecule has 1 fully saturated rings. The van der Waals surface area contributed by atoms with Gasteiger partial charge >= 0.3 is 0 Å². The molecule has 0 aromatic carbocycles. The number of hydrogen-bond donors (Lipinski definition) is 1. The maximum atomic E-state index is 6.24. The van der Waals surface area contributed by atoms with E-state index < -0.39 is 0 Å². The summed E-state index contributed by atoms with van der Waals surface area (Å²) in [6.45, 7) is 0.560. The van der Waals surface area contributed by atoms with Crippen LogP contribution >= 0.6 is 0 Å². The van der Waals surface area contributed by atoms with Crippen molar-refractivity contribution in [2.45, 2.75) is 37.6 Å². The van der Waals surface area contributed by atoms with Gasteiger partial charge in [0.1, 0.15) is 12.9 Å². The highest BCUT2D eigenvalue weighted by atomic mass is 16.5. The van der Waals surface area contributed by atoms with Gasteiger partial charge in [0.25, 0.3) is 0 Å². The molecule has 1 saturated carbocycles. The fourth-order valence-corrected chi connectivity index (χ4v) is 1.98. The fraction of sp³-hybridized carbons (Fsp3) is 0.636. The van der Waals surface area contributed by atoms with Crippen LogP contribution < -0.4 is 10.5 Å². The van der Waals surface area contributed by atoms with Crippen LogP contribution in [-0.4, -0.2) is 22.1 Å². The molecule has 0 amide bonds. The average Bonchev–Trinajstić information content (AvgIpc) is 2.29. The Hall–Kier alpha value is -1.16.